The van der Waals surface area contributed by atoms with E-state index in [1.807, 2.05) is 18.7 Å². The molecule has 0 saturated heterocycles. The zero-order valence-electron chi connectivity index (χ0n) is 9.87. The van der Waals surface area contributed by atoms with Gasteiger partial charge in [-0.05, 0) is 49.9 Å². The van der Waals surface area contributed by atoms with Crippen molar-refractivity contribution in [3.63, 3.8) is 0 Å². The largest absolute Gasteiger partial charge is 0.310 e. The Labute approximate surface area is 101 Å². The van der Waals surface area contributed by atoms with Crippen molar-refractivity contribution in [2.45, 2.75) is 25.8 Å². The first-order valence-electron chi connectivity index (χ1n) is 5.57. The van der Waals surface area contributed by atoms with Gasteiger partial charge >= 0.3 is 0 Å². The molecule has 1 N–H and O–H groups in total. The van der Waals surface area contributed by atoms with Crippen LogP contribution in [0.1, 0.15) is 31.4 Å². The molecule has 0 aliphatic rings. The second-order valence-corrected chi connectivity index (χ2v) is 4.80. The highest BCUT2D eigenvalue weighted by Gasteiger charge is 2.05. The molecule has 1 atom stereocenters. The van der Waals surface area contributed by atoms with E-state index in [9.17, 15) is 4.39 Å². The Morgan fingerprint density at radius 2 is 2.25 bits per heavy atom. The third-order valence-electron chi connectivity index (χ3n) is 2.45. The van der Waals surface area contributed by atoms with Crippen LogP contribution in [0.15, 0.2) is 18.5 Å². The molecule has 0 aliphatic carbocycles. The van der Waals surface area contributed by atoms with E-state index in [0.717, 1.165) is 18.5 Å². The highest BCUT2D eigenvalue weighted by molar-refractivity contribution is 7.98. The van der Waals surface area contributed by atoms with Gasteiger partial charge in [-0.2, -0.15) is 11.8 Å². The lowest BCUT2D eigenvalue weighted by atomic mass is 10.1. The molecule has 0 radical (unpaired) electrons. The summed E-state index contributed by atoms with van der Waals surface area (Å²) in [5.74, 6) is 0.936. The van der Waals surface area contributed by atoms with Gasteiger partial charge in [0.2, 0.25) is 0 Å². The van der Waals surface area contributed by atoms with Crippen LogP contribution in [0, 0.1) is 5.82 Å². The van der Waals surface area contributed by atoms with Crippen LogP contribution in [0.2, 0.25) is 0 Å². The minimum absolute atomic E-state index is 0.164. The summed E-state index contributed by atoms with van der Waals surface area (Å²) >= 11 is 1.87. The highest BCUT2D eigenvalue weighted by Crippen LogP contribution is 2.11. The maximum absolute atomic E-state index is 12.9. The summed E-state index contributed by atoms with van der Waals surface area (Å²) in [6.45, 7) is 3.00. The molecule has 1 unspecified atom stereocenters. The molecule has 16 heavy (non-hydrogen) atoms. The number of nitrogens with one attached hydrogen (secondary N) is 1. The van der Waals surface area contributed by atoms with E-state index >= 15 is 0 Å². The molecule has 0 fully saturated rings. The van der Waals surface area contributed by atoms with Gasteiger partial charge in [-0.3, -0.25) is 4.98 Å². The van der Waals surface area contributed by atoms with Crippen molar-refractivity contribution in [2.24, 2.45) is 0 Å². The third-order valence-corrected chi connectivity index (χ3v) is 3.15. The van der Waals surface area contributed by atoms with E-state index in [1.165, 1.54) is 24.4 Å². The van der Waals surface area contributed by atoms with Crippen LogP contribution in [-0.2, 0) is 0 Å². The average Bonchev–Trinajstić information content (AvgIpc) is 2.28. The summed E-state index contributed by atoms with van der Waals surface area (Å²) in [6, 6.07) is 1.70. The van der Waals surface area contributed by atoms with E-state index in [1.54, 1.807) is 6.20 Å². The number of hydrogen-bond acceptors (Lipinski definition) is 3. The molecular weight excluding hydrogens is 223 g/mol. The lowest BCUT2D eigenvalue weighted by Crippen LogP contribution is -2.20. The van der Waals surface area contributed by atoms with Crippen molar-refractivity contribution >= 4 is 11.8 Å². The van der Waals surface area contributed by atoms with E-state index in [2.05, 4.69) is 16.6 Å². The van der Waals surface area contributed by atoms with Gasteiger partial charge < -0.3 is 5.32 Å². The molecule has 0 bridgehead atoms. The normalized spacial score (nSPS) is 12.7. The van der Waals surface area contributed by atoms with Crippen LogP contribution in [0.3, 0.4) is 0 Å². The molecule has 4 heteroatoms. The summed E-state index contributed by atoms with van der Waals surface area (Å²) in [5.41, 5.74) is 0.907. The van der Waals surface area contributed by atoms with E-state index < -0.39 is 0 Å². The van der Waals surface area contributed by atoms with Crippen LogP contribution in [-0.4, -0.2) is 23.5 Å². The average molecular weight is 242 g/mol. The number of rotatable bonds is 7. The first kappa shape index (κ1) is 13.5. The van der Waals surface area contributed by atoms with Crippen LogP contribution in [0.25, 0.3) is 0 Å². The summed E-state index contributed by atoms with van der Waals surface area (Å²) < 4.78 is 12.9. The molecule has 1 heterocycles. The smallest absolute Gasteiger partial charge is 0.141 e. The highest BCUT2D eigenvalue weighted by atomic mass is 32.2. The Balaban J connectivity index is 2.27. The summed E-state index contributed by atoms with van der Waals surface area (Å²) in [4.78, 5) is 3.84. The number of unbranched alkanes of at least 4 members (excludes halogenated alkanes) is 1. The number of aromatic nitrogens is 1. The fourth-order valence-electron chi connectivity index (χ4n) is 1.47. The molecule has 2 nitrogen and oxygen atoms in total. The van der Waals surface area contributed by atoms with Gasteiger partial charge in [0.1, 0.15) is 5.82 Å². The van der Waals surface area contributed by atoms with Crippen LogP contribution >= 0.6 is 11.8 Å². The number of hydrogen-bond donors (Lipinski definition) is 1. The minimum Gasteiger partial charge on any atom is -0.310 e. The minimum atomic E-state index is -0.270. The van der Waals surface area contributed by atoms with Gasteiger partial charge in [-0.25, -0.2) is 4.39 Å². The Kier molecular flexibility index (Phi) is 6.42. The predicted octanol–water partition coefficient (Wildman–Crippen LogP) is 3.01. The molecule has 0 spiro atoms. The van der Waals surface area contributed by atoms with Crippen LogP contribution in [0.4, 0.5) is 4.39 Å². The molecular formula is C12H19FN2S. The third kappa shape index (κ3) is 4.94. The number of halogens is 1. The molecule has 1 rings (SSSR count). The molecule has 0 aliphatic heterocycles. The van der Waals surface area contributed by atoms with E-state index in [4.69, 9.17) is 0 Å². The fraction of sp³-hybridized carbons (Fsp3) is 0.583. The maximum Gasteiger partial charge on any atom is 0.141 e. The van der Waals surface area contributed by atoms with Gasteiger partial charge in [-0.1, -0.05) is 0 Å². The Morgan fingerprint density at radius 1 is 1.44 bits per heavy atom. The second-order valence-electron chi connectivity index (χ2n) is 3.81. The monoisotopic (exact) mass is 242 g/mol. The number of thioether (sulfide) groups is 1. The summed E-state index contributed by atoms with van der Waals surface area (Å²) in [7, 11) is 0. The predicted molar refractivity (Wildman–Crippen MR) is 68.2 cm³/mol. The lowest BCUT2D eigenvalue weighted by molar-refractivity contribution is 0.546. The van der Waals surface area contributed by atoms with Crippen LogP contribution in [0.5, 0.6) is 0 Å². The zero-order valence-corrected chi connectivity index (χ0v) is 10.7. The van der Waals surface area contributed by atoms with Gasteiger partial charge in [0.05, 0.1) is 6.20 Å². The Bertz CT molecular complexity index is 307. The first-order valence-corrected chi connectivity index (χ1v) is 6.96. The maximum atomic E-state index is 12.9. The molecule has 0 saturated carbocycles. The quantitative estimate of drug-likeness (QED) is 0.744. The van der Waals surface area contributed by atoms with Gasteiger partial charge in [-0.15, -0.1) is 0 Å². The Hall–Kier alpha value is -0.610. The summed E-state index contributed by atoms with van der Waals surface area (Å²) in [6.07, 6.45) is 7.45. The van der Waals surface area contributed by atoms with E-state index in [-0.39, 0.29) is 11.9 Å². The lowest BCUT2D eigenvalue weighted by Gasteiger charge is -2.13. The van der Waals surface area contributed by atoms with Crippen molar-refractivity contribution in [1.29, 1.82) is 0 Å². The molecule has 90 valence electrons. The second kappa shape index (κ2) is 7.63. The van der Waals surface area contributed by atoms with Gasteiger partial charge in [0, 0.05) is 12.2 Å². The molecule has 0 amide bonds. The number of nitrogens with zero attached hydrogens (tertiary/aromatic N) is 1. The number of pyridine rings is 1. The SMILES string of the molecule is CSCCCCNC(C)c1cncc(F)c1. The molecule has 1 aromatic heterocycles. The van der Waals surface area contributed by atoms with Crippen molar-refractivity contribution in [1.82, 2.24) is 10.3 Å². The Morgan fingerprint density at radius 3 is 2.94 bits per heavy atom. The van der Waals surface area contributed by atoms with Gasteiger partial charge in [0.25, 0.3) is 0 Å². The standard InChI is InChI=1S/C12H19FN2S/c1-10(15-5-3-4-6-16-2)11-7-12(13)9-14-8-11/h7-10,15H,3-6H2,1-2H3. The van der Waals surface area contributed by atoms with Crippen LogP contribution < -0.4 is 5.32 Å². The molecule has 0 aromatic carbocycles. The van der Waals surface area contributed by atoms with Crippen molar-refractivity contribution in [2.75, 3.05) is 18.6 Å². The van der Waals surface area contributed by atoms with E-state index in [0.29, 0.717) is 0 Å². The van der Waals surface area contributed by atoms with Crippen molar-refractivity contribution in [3.8, 4) is 0 Å². The summed E-state index contributed by atoms with van der Waals surface area (Å²) in [5, 5.41) is 3.37. The fourth-order valence-corrected chi connectivity index (χ4v) is 1.97. The first-order chi connectivity index (χ1) is 7.74. The van der Waals surface area contributed by atoms with Crippen molar-refractivity contribution in [3.05, 3.63) is 29.8 Å². The van der Waals surface area contributed by atoms with Gasteiger partial charge in [0.15, 0.2) is 0 Å². The molecule has 1 aromatic rings. The van der Waals surface area contributed by atoms with Crippen molar-refractivity contribution < 1.29 is 4.39 Å². The zero-order chi connectivity index (χ0) is 11.8. The topological polar surface area (TPSA) is 24.9 Å².